The third kappa shape index (κ3) is 4.45. The van der Waals surface area contributed by atoms with E-state index in [4.69, 9.17) is 0 Å². The fourth-order valence-electron chi connectivity index (χ4n) is 2.15. The molecule has 0 aliphatic heterocycles. The van der Waals surface area contributed by atoms with Gasteiger partial charge in [0.2, 0.25) is 5.91 Å². The number of alkyl halides is 3. The number of hydrogen-bond donors (Lipinski definition) is 1. The molecular formula is C15H14F3N3O5S. The number of thiophene rings is 1. The van der Waals surface area contributed by atoms with Gasteiger partial charge in [-0.3, -0.25) is 9.48 Å². The SMILES string of the molecule is COC(=O)c1sc(NC(=O)Cn2ccc(C(F)(F)F)n2)c(C(=O)OC)c1C. The second kappa shape index (κ2) is 7.78. The van der Waals surface area contributed by atoms with Crippen LogP contribution in [-0.4, -0.2) is 41.8 Å². The molecular weight excluding hydrogens is 391 g/mol. The van der Waals surface area contributed by atoms with Crippen LogP contribution in [0.3, 0.4) is 0 Å². The van der Waals surface area contributed by atoms with E-state index >= 15 is 0 Å². The first-order valence-electron chi connectivity index (χ1n) is 7.29. The van der Waals surface area contributed by atoms with Crippen LogP contribution in [0.4, 0.5) is 18.2 Å². The highest BCUT2D eigenvalue weighted by Crippen LogP contribution is 2.34. The number of nitrogens with zero attached hydrogens (tertiary/aromatic N) is 2. The van der Waals surface area contributed by atoms with Crippen molar-refractivity contribution in [2.75, 3.05) is 19.5 Å². The molecule has 12 heteroatoms. The minimum absolute atomic E-state index is 0.0213. The largest absolute Gasteiger partial charge is 0.465 e. The lowest BCUT2D eigenvalue weighted by Gasteiger charge is -2.06. The molecule has 2 aromatic heterocycles. The van der Waals surface area contributed by atoms with Gasteiger partial charge >= 0.3 is 18.1 Å². The summed E-state index contributed by atoms with van der Waals surface area (Å²) < 4.78 is 47.7. The Bertz CT molecular complexity index is 888. The molecule has 8 nitrogen and oxygen atoms in total. The van der Waals surface area contributed by atoms with Crippen molar-refractivity contribution in [3.63, 3.8) is 0 Å². The summed E-state index contributed by atoms with van der Waals surface area (Å²) in [7, 11) is 2.29. The van der Waals surface area contributed by atoms with E-state index < -0.39 is 36.3 Å². The predicted molar refractivity (Wildman–Crippen MR) is 87.6 cm³/mol. The molecule has 2 rings (SSSR count). The van der Waals surface area contributed by atoms with Crippen LogP contribution in [0.1, 0.15) is 31.3 Å². The Morgan fingerprint density at radius 2 is 1.85 bits per heavy atom. The van der Waals surface area contributed by atoms with E-state index in [1.807, 2.05) is 0 Å². The number of anilines is 1. The molecule has 146 valence electrons. The van der Waals surface area contributed by atoms with Gasteiger partial charge in [0.1, 0.15) is 16.4 Å². The monoisotopic (exact) mass is 405 g/mol. The summed E-state index contributed by atoms with van der Waals surface area (Å²) in [6.45, 7) is 0.953. The summed E-state index contributed by atoms with van der Waals surface area (Å²) in [5.41, 5.74) is -0.911. The maximum atomic E-state index is 12.6. The Balaban J connectivity index is 2.25. The topological polar surface area (TPSA) is 99.5 Å². The van der Waals surface area contributed by atoms with Crippen LogP contribution >= 0.6 is 11.3 Å². The smallest absolute Gasteiger partial charge is 0.435 e. The van der Waals surface area contributed by atoms with Gasteiger partial charge in [0.15, 0.2) is 5.69 Å². The van der Waals surface area contributed by atoms with E-state index in [9.17, 15) is 27.6 Å². The fourth-order valence-corrected chi connectivity index (χ4v) is 3.28. The first-order valence-corrected chi connectivity index (χ1v) is 8.10. The van der Waals surface area contributed by atoms with Gasteiger partial charge in [-0.1, -0.05) is 0 Å². The van der Waals surface area contributed by atoms with Gasteiger partial charge in [-0.2, -0.15) is 18.3 Å². The first kappa shape index (κ1) is 20.4. The van der Waals surface area contributed by atoms with Crippen LogP contribution in [0, 0.1) is 6.92 Å². The molecule has 0 saturated carbocycles. The third-order valence-electron chi connectivity index (χ3n) is 3.40. The van der Waals surface area contributed by atoms with Crippen molar-refractivity contribution in [3.8, 4) is 0 Å². The summed E-state index contributed by atoms with van der Waals surface area (Å²) in [6, 6.07) is 0.734. The quantitative estimate of drug-likeness (QED) is 0.768. The molecule has 0 radical (unpaired) electrons. The van der Waals surface area contributed by atoms with Gasteiger partial charge in [-0.05, 0) is 18.6 Å². The average Bonchev–Trinajstić information content (AvgIpc) is 3.18. The zero-order chi connectivity index (χ0) is 20.4. The maximum absolute atomic E-state index is 12.6. The van der Waals surface area contributed by atoms with Crippen LogP contribution in [-0.2, 0) is 27.0 Å². The number of aromatic nitrogens is 2. The zero-order valence-electron chi connectivity index (χ0n) is 14.3. The molecule has 27 heavy (non-hydrogen) atoms. The Morgan fingerprint density at radius 3 is 2.37 bits per heavy atom. The third-order valence-corrected chi connectivity index (χ3v) is 4.58. The Hall–Kier alpha value is -2.89. The number of esters is 2. The molecule has 1 N–H and O–H groups in total. The van der Waals surface area contributed by atoms with Crippen molar-refractivity contribution in [2.45, 2.75) is 19.6 Å². The molecule has 0 fully saturated rings. The number of halogens is 3. The number of methoxy groups -OCH3 is 2. The number of rotatable bonds is 5. The normalized spacial score (nSPS) is 11.2. The fraction of sp³-hybridized carbons (Fsp3) is 0.333. The molecule has 0 saturated heterocycles. The van der Waals surface area contributed by atoms with E-state index in [0.717, 1.165) is 42.5 Å². The molecule has 0 bridgehead atoms. The first-order chi connectivity index (χ1) is 12.6. The van der Waals surface area contributed by atoms with Crippen molar-refractivity contribution in [1.82, 2.24) is 9.78 Å². The Labute approximate surface area is 154 Å². The Kier molecular flexibility index (Phi) is 5.88. The summed E-state index contributed by atoms with van der Waals surface area (Å²) in [4.78, 5) is 36.0. The van der Waals surface area contributed by atoms with Crippen molar-refractivity contribution >= 4 is 34.2 Å². The lowest BCUT2D eigenvalue weighted by Crippen LogP contribution is -2.20. The van der Waals surface area contributed by atoms with Gasteiger partial charge in [0.05, 0.1) is 19.8 Å². The highest BCUT2D eigenvalue weighted by molar-refractivity contribution is 7.18. The minimum atomic E-state index is -4.62. The molecule has 0 atom stereocenters. The number of ether oxygens (including phenoxy) is 2. The number of nitrogens with one attached hydrogen (secondary N) is 1. The van der Waals surface area contributed by atoms with Crippen molar-refractivity contribution in [1.29, 1.82) is 0 Å². The highest BCUT2D eigenvalue weighted by atomic mass is 32.1. The van der Waals surface area contributed by atoms with Crippen LogP contribution in [0.5, 0.6) is 0 Å². The molecule has 0 unspecified atom stereocenters. The summed E-state index contributed by atoms with van der Waals surface area (Å²) in [5.74, 6) is -2.23. The molecule has 0 aliphatic rings. The van der Waals surface area contributed by atoms with Crippen LogP contribution < -0.4 is 5.32 Å². The second-order valence-electron chi connectivity index (χ2n) is 5.19. The van der Waals surface area contributed by atoms with Crippen molar-refractivity contribution in [3.05, 3.63) is 34.0 Å². The number of hydrogen-bond acceptors (Lipinski definition) is 7. The molecule has 0 aliphatic carbocycles. The molecule has 0 aromatic carbocycles. The van der Waals surface area contributed by atoms with Gasteiger partial charge < -0.3 is 14.8 Å². The maximum Gasteiger partial charge on any atom is 0.435 e. The minimum Gasteiger partial charge on any atom is -0.465 e. The number of carbonyl (C=O) groups is 3. The lowest BCUT2D eigenvalue weighted by atomic mass is 10.1. The zero-order valence-corrected chi connectivity index (χ0v) is 15.2. The summed E-state index contributed by atoms with van der Waals surface area (Å²) in [5, 5.41) is 5.68. The molecule has 2 aromatic rings. The van der Waals surface area contributed by atoms with Gasteiger partial charge in [-0.15, -0.1) is 11.3 Å². The predicted octanol–water partition coefficient (Wildman–Crippen LogP) is 2.48. The molecule has 2 heterocycles. The van der Waals surface area contributed by atoms with E-state index in [1.54, 1.807) is 0 Å². The van der Waals surface area contributed by atoms with E-state index in [1.165, 1.54) is 6.92 Å². The second-order valence-corrected chi connectivity index (χ2v) is 6.21. The van der Waals surface area contributed by atoms with Crippen LogP contribution in [0.15, 0.2) is 12.3 Å². The van der Waals surface area contributed by atoms with Crippen LogP contribution in [0.25, 0.3) is 0 Å². The van der Waals surface area contributed by atoms with Crippen LogP contribution in [0.2, 0.25) is 0 Å². The molecule has 0 spiro atoms. The van der Waals surface area contributed by atoms with E-state index in [2.05, 4.69) is 19.9 Å². The number of amides is 1. The van der Waals surface area contributed by atoms with Crippen molar-refractivity contribution < 1.29 is 37.0 Å². The van der Waals surface area contributed by atoms with Crippen molar-refractivity contribution in [2.24, 2.45) is 0 Å². The van der Waals surface area contributed by atoms with Gasteiger partial charge in [0, 0.05) is 6.20 Å². The van der Waals surface area contributed by atoms with Gasteiger partial charge in [0.25, 0.3) is 0 Å². The highest BCUT2D eigenvalue weighted by Gasteiger charge is 2.33. The van der Waals surface area contributed by atoms with Gasteiger partial charge in [-0.25, -0.2) is 9.59 Å². The number of carbonyl (C=O) groups excluding carboxylic acids is 3. The lowest BCUT2D eigenvalue weighted by molar-refractivity contribution is -0.141. The average molecular weight is 405 g/mol. The van der Waals surface area contributed by atoms with E-state index in [-0.39, 0.29) is 21.0 Å². The summed E-state index contributed by atoms with van der Waals surface area (Å²) >= 11 is 0.794. The standard InChI is InChI=1S/C15H14F3N3O5S/c1-7-10(13(23)25-2)12(27-11(7)14(24)26-3)19-9(22)6-21-5-4-8(20-21)15(16,17)18/h4-5H,6H2,1-3H3,(H,19,22). The van der Waals surface area contributed by atoms with E-state index in [0.29, 0.717) is 0 Å². The summed E-state index contributed by atoms with van der Waals surface area (Å²) in [6.07, 6.45) is -3.62. The molecule has 1 amide bonds. The Morgan fingerprint density at radius 1 is 1.22 bits per heavy atom.